The number of carbonyl (C=O) groups is 4. The van der Waals surface area contributed by atoms with Crippen molar-refractivity contribution in [3.8, 4) is 17.2 Å². The minimum atomic E-state index is -4.92. The second-order valence-electron chi connectivity index (χ2n) is 8.51. The number of nitriles is 1. The van der Waals surface area contributed by atoms with Crippen LogP contribution in [-0.2, 0) is 10.9 Å². The lowest BCUT2D eigenvalue weighted by Crippen LogP contribution is -2.20. The van der Waals surface area contributed by atoms with Gasteiger partial charge < -0.3 is 25.0 Å². The Balaban J connectivity index is 1.84. The highest BCUT2D eigenvalue weighted by molar-refractivity contribution is 6.15. The zero-order valence-electron chi connectivity index (χ0n) is 21.5. The number of carbonyl (C=O) groups excluding carboxylic acids is 3. The minimum Gasteiger partial charge on any atom is -0.478 e. The molecule has 0 atom stereocenters. The van der Waals surface area contributed by atoms with E-state index in [1.165, 1.54) is 25.2 Å². The van der Waals surface area contributed by atoms with Crippen LogP contribution in [-0.4, -0.2) is 48.3 Å². The molecule has 1 heterocycles. The van der Waals surface area contributed by atoms with Crippen molar-refractivity contribution >= 4 is 46.2 Å². The van der Waals surface area contributed by atoms with Crippen LogP contribution in [0.2, 0.25) is 0 Å². The van der Waals surface area contributed by atoms with Gasteiger partial charge in [0, 0.05) is 18.3 Å². The summed E-state index contributed by atoms with van der Waals surface area (Å²) in [6.45, 7) is 0. The molecule has 0 aliphatic carbocycles. The van der Waals surface area contributed by atoms with Gasteiger partial charge in [0.1, 0.15) is 0 Å². The summed E-state index contributed by atoms with van der Waals surface area (Å²) in [5.41, 5.74) is -3.41. The molecule has 0 fully saturated rings. The molecule has 0 radical (unpaired) electrons. The van der Waals surface area contributed by atoms with E-state index in [-0.39, 0.29) is 44.6 Å². The predicted octanol–water partition coefficient (Wildman–Crippen LogP) is 4.87. The maximum atomic E-state index is 14.1. The summed E-state index contributed by atoms with van der Waals surface area (Å²) in [5.74, 6) is -3.18. The van der Waals surface area contributed by atoms with Crippen LogP contribution in [0.4, 0.5) is 29.3 Å². The first kappa shape index (κ1) is 29.1. The Kier molecular flexibility index (Phi) is 7.82. The maximum absolute atomic E-state index is 14.1. The largest absolute Gasteiger partial charge is 0.478 e. The molecule has 0 aliphatic rings. The number of aromatic carboxylic acids is 1. The van der Waals surface area contributed by atoms with Gasteiger partial charge in [0.2, 0.25) is 0 Å². The van der Waals surface area contributed by atoms with E-state index < -0.39 is 46.9 Å². The number of hydrogen-bond donors (Lipinski definition) is 4. The smallest absolute Gasteiger partial charge is 0.417 e. The maximum Gasteiger partial charge on any atom is 0.417 e. The highest BCUT2D eigenvalue weighted by Crippen LogP contribution is 2.41. The van der Waals surface area contributed by atoms with Crippen molar-refractivity contribution in [2.24, 2.45) is 0 Å². The standard InChI is InChI=1S/C27H18F3N5O7/c1-32-23(36)16-9-18-21(10-15(16)14-5-4-13(33-26(40)41-2)8-19(14)27(28,29)30)42-35-22(18)24(37)34-20-6-3-12(11-31)7-17(20)25(38)39/h3-10H,1-2H3,(H,32,36)(H,33,40)(H,34,37)(H,38,39). The lowest BCUT2D eigenvalue weighted by atomic mass is 9.92. The Morgan fingerprint density at radius 3 is 2.33 bits per heavy atom. The average Bonchev–Trinajstić information content (AvgIpc) is 3.38. The molecule has 42 heavy (non-hydrogen) atoms. The van der Waals surface area contributed by atoms with Crippen molar-refractivity contribution in [2.45, 2.75) is 6.18 Å². The van der Waals surface area contributed by atoms with E-state index >= 15 is 0 Å². The summed E-state index contributed by atoms with van der Waals surface area (Å²) in [6, 6.07) is 10.4. The van der Waals surface area contributed by atoms with Crippen molar-refractivity contribution in [3.05, 3.63) is 76.5 Å². The molecule has 12 nitrogen and oxygen atoms in total. The Hall–Kier alpha value is -5.91. The van der Waals surface area contributed by atoms with Crippen molar-refractivity contribution < 1.29 is 46.7 Å². The van der Waals surface area contributed by atoms with Crippen LogP contribution in [0.15, 0.2) is 53.1 Å². The van der Waals surface area contributed by atoms with Crippen LogP contribution in [0.3, 0.4) is 0 Å². The molecule has 214 valence electrons. The summed E-state index contributed by atoms with van der Waals surface area (Å²) in [5, 5.41) is 29.0. The van der Waals surface area contributed by atoms with Gasteiger partial charge in [-0.15, -0.1) is 0 Å². The van der Waals surface area contributed by atoms with Gasteiger partial charge in [-0.25, -0.2) is 9.59 Å². The van der Waals surface area contributed by atoms with Gasteiger partial charge in [-0.1, -0.05) is 11.2 Å². The van der Waals surface area contributed by atoms with Crippen LogP contribution in [0.25, 0.3) is 22.1 Å². The number of methoxy groups -OCH3 is 1. The summed E-state index contributed by atoms with van der Waals surface area (Å²) >= 11 is 0. The lowest BCUT2D eigenvalue weighted by Gasteiger charge is -2.17. The molecule has 4 N–H and O–H groups in total. The van der Waals surface area contributed by atoms with E-state index in [4.69, 9.17) is 9.78 Å². The number of hydrogen-bond acceptors (Lipinski definition) is 8. The Labute approximate surface area is 233 Å². The van der Waals surface area contributed by atoms with Crippen molar-refractivity contribution in [2.75, 3.05) is 24.8 Å². The average molecular weight is 581 g/mol. The monoisotopic (exact) mass is 581 g/mol. The highest BCUT2D eigenvalue weighted by atomic mass is 19.4. The number of amides is 3. The van der Waals surface area contributed by atoms with Crippen LogP contribution in [0.5, 0.6) is 0 Å². The summed E-state index contributed by atoms with van der Waals surface area (Å²) in [6.07, 6.45) is -5.92. The molecule has 0 spiro atoms. The van der Waals surface area contributed by atoms with E-state index in [1.807, 2.05) is 0 Å². The number of fused-ring (bicyclic) bond motifs is 1. The van der Waals surface area contributed by atoms with Gasteiger partial charge in [0.25, 0.3) is 11.8 Å². The van der Waals surface area contributed by atoms with E-state index in [0.717, 1.165) is 31.4 Å². The molecule has 4 aromatic rings. The topological polar surface area (TPSA) is 184 Å². The fourth-order valence-corrected chi connectivity index (χ4v) is 4.04. The first-order chi connectivity index (χ1) is 19.9. The van der Waals surface area contributed by atoms with Crippen LogP contribution in [0.1, 0.15) is 42.3 Å². The molecular weight excluding hydrogens is 563 g/mol. The third kappa shape index (κ3) is 5.68. The second kappa shape index (κ2) is 11.3. The Morgan fingerprint density at radius 2 is 1.71 bits per heavy atom. The molecule has 0 bridgehead atoms. The minimum absolute atomic E-state index is 0.0346. The zero-order chi connectivity index (χ0) is 30.8. The number of benzene rings is 3. The Morgan fingerprint density at radius 1 is 0.976 bits per heavy atom. The summed E-state index contributed by atoms with van der Waals surface area (Å²) in [4.78, 5) is 49.1. The zero-order valence-corrected chi connectivity index (χ0v) is 21.5. The first-order valence-electron chi connectivity index (χ1n) is 11.7. The molecule has 0 saturated heterocycles. The molecule has 15 heteroatoms. The van der Waals surface area contributed by atoms with Gasteiger partial charge >= 0.3 is 18.2 Å². The third-order valence-electron chi connectivity index (χ3n) is 5.97. The number of nitrogens with one attached hydrogen (secondary N) is 3. The molecule has 4 rings (SSSR count). The molecule has 3 aromatic carbocycles. The van der Waals surface area contributed by atoms with Gasteiger partial charge in [0.15, 0.2) is 11.3 Å². The number of aromatic nitrogens is 1. The number of nitrogens with zero attached hydrogens (tertiary/aromatic N) is 2. The second-order valence-corrected chi connectivity index (χ2v) is 8.51. The molecule has 3 amide bonds. The van der Waals surface area contributed by atoms with Crippen molar-refractivity contribution in [1.82, 2.24) is 10.5 Å². The van der Waals surface area contributed by atoms with E-state index in [0.29, 0.717) is 6.07 Å². The SMILES string of the molecule is CNC(=O)c1cc2c(C(=O)Nc3ccc(C#N)cc3C(=O)O)noc2cc1-c1ccc(NC(=O)OC)cc1C(F)(F)F. The number of anilines is 2. The van der Waals surface area contributed by atoms with Crippen LogP contribution < -0.4 is 16.0 Å². The van der Waals surface area contributed by atoms with Crippen LogP contribution >= 0.6 is 0 Å². The van der Waals surface area contributed by atoms with E-state index in [9.17, 15) is 37.5 Å². The fraction of sp³-hybridized carbons (Fsp3) is 0.111. The van der Waals surface area contributed by atoms with Crippen LogP contribution in [0, 0.1) is 11.3 Å². The summed E-state index contributed by atoms with van der Waals surface area (Å²) in [7, 11) is 2.30. The molecule has 0 aliphatic heterocycles. The Bertz CT molecular complexity index is 1810. The van der Waals surface area contributed by atoms with Gasteiger partial charge in [-0.2, -0.15) is 18.4 Å². The number of halogens is 3. The number of alkyl halides is 3. The van der Waals surface area contributed by atoms with Crippen molar-refractivity contribution in [1.29, 1.82) is 5.26 Å². The molecule has 1 aromatic heterocycles. The molecule has 0 unspecified atom stereocenters. The number of ether oxygens (including phenoxy) is 1. The van der Waals surface area contributed by atoms with Gasteiger partial charge in [-0.3, -0.25) is 14.9 Å². The predicted molar refractivity (Wildman–Crippen MR) is 140 cm³/mol. The quantitative estimate of drug-likeness (QED) is 0.247. The lowest BCUT2D eigenvalue weighted by molar-refractivity contribution is -0.137. The summed E-state index contributed by atoms with van der Waals surface area (Å²) < 4.78 is 52.0. The normalized spacial score (nSPS) is 11.0. The first-order valence-corrected chi connectivity index (χ1v) is 11.7. The van der Waals surface area contributed by atoms with E-state index in [1.54, 1.807) is 6.07 Å². The van der Waals surface area contributed by atoms with Gasteiger partial charge in [0.05, 0.1) is 40.9 Å². The number of carboxylic acids is 1. The molecular formula is C27H18F3N5O7. The van der Waals surface area contributed by atoms with E-state index in [2.05, 4.69) is 25.8 Å². The number of carboxylic acid groups (broad SMARTS) is 1. The van der Waals surface area contributed by atoms with Crippen molar-refractivity contribution in [3.63, 3.8) is 0 Å². The van der Waals surface area contributed by atoms with Gasteiger partial charge in [-0.05, 0) is 53.6 Å². The highest BCUT2D eigenvalue weighted by Gasteiger charge is 2.35. The number of rotatable bonds is 6. The third-order valence-corrected chi connectivity index (χ3v) is 5.97. The molecule has 0 saturated carbocycles. The fourth-order valence-electron chi connectivity index (χ4n) is 4.04.